The molecule has 1 amide bonds. The summed E-state index contributed by atoms with van der Waals surface area (Å²) in [5.41, 5.74) is 1.94. The van der Waals surface area contributed by atoms with Gasteiger partial charge in [0.2, 0.25) is 0 Å². The van der Waals surface area contributed by atoms with E-state index in [0.29, 0.717) is 6.04 Å². The van der Waals surface area contributed by atoms with Crippen LogP contribution in [0.1, 0.15) is 56.8 Å². The van der Waals surface area contributed by atoms with Gasteiger partial charge < -0.3 is 10.6 Å². The molecule has 1 aliphatic rings. The Kier molecular flexibility index (Phi) is 4.69. The normalized spacial score (nSPS) is 17.2. The Balaban J connectivity index is 2.01. The molecular formula is C17H26N2O. The van der Waals surface area contributed by atoms with Crippen LogP contribution in [0.3, 0.4) is 0 Å². The Labute approximate surface area is 122 Å². The van der Waals surface area contributed by atoms with E-state index in [9.17, 15) is 4.79 Å². The molecular weight excluding hydrogens is 248 g/mol. The summed E-state index contributed by atoms with van der Waals surface area (Å²) in [5, 5.41) is 6.45. The smallest absolute Gasteiger partial charge is 0.253 e. The van der Waals surface area contributed by atoms with Crippen LogP contribution in [0.5, 0.6) is 0 Å². The van der Waals surface area contributed by atoms with Crippen molar-refractivity contribution in [3.8, 4) is 0 Å². The second-order valence-electron chi connectivity index (χ2n) is 6.55. The van der Waals surface area contributed by atoms with Crippen molar-refractivity contribution >= 4 is 11.6 Å². The Morgan fingerprint density at radius 1 is 1.25 bits per heavy atom. The summed E-state index contributed by atoms with van der Waals surface area (Å²) >= 11 is 0. The van der Waals surface area contributed by atoms with Crippen molar-refractivity contribution in [1.82, 2.24) is 5.32 Å². The molecule has 1 aliphatic carbocycles. The fraction of sp³-hybridized carbons (Fsp3) is 0.588. The topological polar surface area (TPSA) is 41.1 Å². The van der Waals surface area contributed by atoms with Crippen molar-refractivity contribution in [2.45, 2.75) is 52.5 Å². The zero-order chi connectivity index (χ0) is 14.6. The molecule has 0 aliphatic heterocycles. The van der Waals surface area contributed by atoms with Gasteiger partial charge in [0.05, 0.1) is 5.56 Å². The van der Waals surface area contributed by atoms with Gasteiger partial charge in [-0.15, -0.1) is 0 Å². The molecule has 2 N–H and O–H groups in total. The number of hydrogen-bond acceptors (Lipinski definition) is 2. The van der Waals surface area contributed by atoms with Crippen LogP contribution in [-0.4, -0.2) is 18.5 Å². The summed E-state index contributed by atoms with van der Waals surface area (Å²) in [6.07, 6.45) is 5.02. The lowest BCUT2D eigenvalue weighted by Crippen LogP contribution is -2.34. The molecule has 3 heteroatoms. The second kappa shape index (κ2) is 6.29. The third-order valence-corrected chi connectivity index (χ3v) is 4.10. The molecule has 0 unspecified atom stereocenters. The van der Waals surface area contributed by atoms with Crippen LogP contribution in [0, 0.1) is 5.41 Å². The molecule has 110 valence electrons. The molecule has 3 nitrogen and oxygen atoms in total. The van der Waals surface area contributed by atoms with Crippen LogP contribution >= 0.6 is 0 Å². The first-order valence-electron chi connectivity index (χ1n) is 7.64. The van der Waals surface area contributed by atoms with E-state index in [1.807, 2.05) is 24.3 Å². The fourth-order valence-electron chi connectivity index (χ4n) is 2.91. The Hall–Kier alpha value is -1.51. The number of anilines is 1. The number of nitrogens with one attached hydrogen (secondary N) is 2. The van der Waals surface area contributed by atoms with Crippen LogP contribution < -0.4 is 10.6 Å². The minimum absolute atomic E-state index is 0.0295. The molecule has 0 saturated heterocycles. The summed E-state index contributed by atoms with van der Waals surface area (Å²) in [7, 11) is 0. The third kappa shape index (κ3) is 3.75. The Morgan fingerprint density at radius 2 is 1.90 bits per heavy atom. The molecule has 0 atom stereocenters. The predicted octanol–water partition coefficient (Wildman–Crippen LogP) is 3.82. The van der Waals surface area contributed by atoms with Gasteiger partial charge in [-0.2, -0.15) is 0 Å². The van der Waals surface area contributed by atoms with Gasteiger partial charge in [-0.25, -0.2) is 0 Å². The number of benzene rings is 1. The SMILES string of the molecule is CC(C)Nc1ccccc1C(=O)NCC1(C)CCCC1. The summed E-state index contributed by atoms with van der Waals surface area (Å²) in [6.45, 7) is 7.21. The number of rotatable bonds is 5. The minimum atomic E-state index is 0.0295. The van der Waals surface area contributed by atoms with Crippen LogP contribution in [0.4, 0.5) is 5.69 Å². The molecule has 1 aromatic rings. The van der Waals surface area contributed by atoms with E-state index in [-0.39, 0.29) is 11.3 Å². The number of carbonyl (C=O) groups is 1. The first kappa shape index (κ1) is 14.9. The van der Waals surface area contributed by atoms with E-state index in [2.05, 4.69) is 31.4 Å². The first-order valence-corrected chi connectivity index (χ1v) is 7.64. The molecule has 2 rings (SSSR count). The van der Waals surface area contributed by atoms with E-state index in [0.717, 1.165) is 17.8 Å². The molecule has 1 aromatic carbocycles. The quantitative estimate of drug-likeness (QED) is 0.857. The summed E-state index contributed by atoms with van der Waals surface area (Å²) < 4.78 is 0. The van der Waals surface area contributed by atoms with Gasteiger partial charge in [0.25, 0.3) is 5.91 Å². The van der Waals surface area contributed by atoms with Crippen molar-refractivity contribution in [2.24, 2.45) is 5.41 Å². The van der Waals surface area contributed by atoms with Crippen LogP contribution in [0.25, 0.3) is 0 Å². The number of carbonyl (C=O) groups excluding carboxylic acids is 1. The lowest BCUT2D eigenvalue weighted by molar-refractivity contribution is 0.0935. The highest BCUT2D eigenvalue weighted by Gasteiger charge is 2.29. The second-order valence-corrected chi connectivity index (χ2v) is 6.55. The van der Waals surface area contributed by atoms with Gasteiger partial charge in [-0.3, -0.25) is 4.79 Å². The van der Waals surface area contributed by atoms with Crippen molar-refractivity contribution in [3.05, 3.63) is 29.8 Å². The summed E-state index contributed by atoms with van der Waals surface area (Å²) in [5.74, 6) is 0.0295. The summed E-state index contributed by atoms with van der Waals surface area (Å²) in [6, 6.07) is 8.04. The molecule has 0 aromatic heterocycles. The number of amides is 1. The highest BCUT2D eigenvalue weighted by atomic mass is 16.1. The van der Waals surface area contributed by atoms with Crippen molar-refractivity contribution < 1.29 is 4.79 Å². The van der Waals surface area contributed by atoms with E-state index in [1.165, 1.54) is 25.7 Å². The van der Waals surface area contributed by atoms with E-state index < -0.39 is 0 Å². The molecule has 0 heterocycles. The lowest BCUT2D eigenvalue weighted by Gasteiger charge is -2.24. The highest BCUT2D eigenvalue weighted by molar-refractivity contribution is 5.99. The molecule has 0 bridgehead atoms. The number of hydrogen-bond donors (Lipinski definition) is 2. The van der Waals surface area contributed by atoms with Crippen molar-refractivity contribution in [2.75, 3.05) is 11.9 Å². The highest BCUT2D eigenvalue weighted by Crippen LogP contribution is 2.36. The molecule has 1 saturated carbocycles. The predicted molar refractivity (Wildman–Crippen MR) is 84.1 cm³/mol. The Morgan fingerprint density at radius 3 is 2.55 bits per heavy atom. The average molecular weight is 274 g/mol. The molecule has 0 radical (unpaired) electrons. The zero-order valence-electron chi connectivity index (χ0n) is 12.8. The van der Waals surface area contributed by atoms with Gasteiger partial charge in [0.15, 0.2) is 0 Å². The Bertz CT molecular complexity index is 462. The van der Waals surface area contributed by atoms with Gasteiger partial charge in [-0.05, 0) is 44.2 Å². The van der Waals surface area contributed by atoms with E-state index in [4.69, 9.17) is 0 Å². The van der Waals surface area contributed by atoms with Gasteiger partial charge in [-0.1, -0.05) is 31.9 Å². The van der Waals surface area contributed by atoms with Crippen molar-refractivity contribution in [3.63, 3.8) is 0 Å². The summed E-state index contributed by atoms with van der Waals surface area (Å²) in [4.78, 5) is 12.4. The maximum Gasteiger partial charge on any atom is 0.253 e. The average Bonchev–Trinajstić information content (AvgIpc) is 2.83. The van der Waals surface area contributed by atoms with Crippen LogP contribution in [0.15, 0.2) is 24.3 Å². The molecule has 20 heavy (non-hydrogen) atoms. The van der Waals surface area contributed by atoms with E-state index in [1.54, 1.807) is 0 Å². The maximum atomic E-state index is 12.4. The van der Waals surface area contributed by atoms with Crippen LogP contribution in [-0.2, 0) is 0 Å². The minimum Gasteiger partial charge on any atom is -0.382 e. The largest absolute Gasteiger partial charge is 0.382 e. The zero-order valence-corrected chi connectivity index (χ0v) is 12.8. The van der Waals surface area contributed by atoms with Crippen LogP contribution in [0.2, 0.25) is 0 Å². The lowest BCUT2D eigenvalue weighted by atomic mass is 9.89. The standard InChI is InChI=1S/C17H26N2O/c1-13(2)19-15-9-5-4-8-14(15)16(20)18-12-17(3)10-6-7-11-17/h4-5,8-9,13,19H,6-7,10-12H2,1-3H3,(H,18,20). The van der Waals surface area contributed by atoms with Gasteiger partial charge in [0, 0.05) is 18.3 Å². The molecule has 0 spiro atoms. The fourth-order valence-corrected chi connectivity index (χ4v) is 2.91. The maximum absolute atomic E-state index is 12.4. The number of para-hydroxylation sites is 1. The van der Waals surface area contributed by atoms with E-state index >= 15 is 0 Å². The van der Waals surface area contributed by atoms with Gasteiger partial charge >= 0.3 is 0 Å². The monoisotopic (exact) mass is 274 g/mol. The molecule has 1 fully saturated rings. The first-order chi connectivity index (χ1) is 9.50. The van der Waals surface area contributed by atoms with Crippen molar-refractivity contribution in [1.29, 1.82) is 0 Å². The van der Waals surface area contributed by atoms with Gasteiger partial charge in [0.1, 0.15) is 0 Å². The third-order valence-electron chi connectivity index (χ3n) is 4.10.